The average Bonchev–Trinajstić information content (AvgIpc) is 2.40. The summed E-state index contributed by atoms with van der Waals surface area (Å²) in [6.07, 6.45) is 1.17. The molecule has 0 saturated carbocycles. The number of nitrogens with one attached hydrogen (secondary N) is 1. The van der Waals surface area contributed by atoms with Crippen molar-refractivity contribution in [2.75, 3.05) is 11.6 Å². The molecule has 0 heterocycles. The van der Waals surface area contributed by atoms with Crippen molar-refractivity contribution in [3.63, 3.8) is 0 Å². The third kappa shape index (κ3) is 4.45. The number of hydrogen-bond acceptors (Lipinski definition) is 3. The largest absolute Gasteiger partial charge is 0.380 e. The minimum absolute atomic E-state index is 0.242. The summed E-state index contributed by atoms with van der Waals surface area (Å²) < 4.78 is 25.1. The molecule has 21 heavy (non-hydrogen) atoms. The van der Waals surface area contributed by atoms with Gasteiger partial charge in [-0.3, -0.25) is 0 Å². The Morgan fingerprint density at radius 3 is 2.43 bits per heavy atom. The van der Waals surface area contributed by atoms with E-state index in [1.165, 1.54) is 12.3 Å². The maximum atomic E-state index is 11.6. The minimum Gasteiger partial charge on any atom is -0.380 e. The molecule has 2 aromatic carbocycles. The first-order valence-electron chi connectivity index (χ1n) is 5.95. The summed E-state index contributed by atoms with van der Waals surface area (Å²) in [5.74, 6) is 0. The fourth-order valence-corrected chi connectivity index (χ4v) is 3.22. The van der Waals surface area contributed by atoms with E-state index in [0.717, 1.165) is 14.5 Å². The van der Waals surface area contributed by atoms with Gasteiger partial charge in [-0.25, -0.2) is 8.42 Å². The highest BCUT2D eigenvalue weighted by Crippen LogP contribution is 2.27. The van der Waals surface area contributed by atoms with Crippen LogP contribution < -0.4 is 5.32 Å². The van der Waals surface area contributed by atoms with Crippen molar-refractivity contribution in [3.05, 3.63) is 55.9 Å². The van der Waals surface area contributed by atoms with E-state index in [1.54, 1.807) is 12.1 Å². The van der Waals surface area contributed by atoms with Crippen molar-refractivity contribution in [3.8, 4) is 0 Å². The number of anilines is 1. The lowest BCUT2D eigenvalue weighted by atomic mass is 10.2. The zero-order chi connectivity index (χ0) is 15.6. The molecule has 7 heteroatoms. The first-order valence-corrected chi connectivity index (χ1v) is 9.80. The topological polar surface area (TPSA) is 46.2 Å². The number of halogens is 3. The van der Waals surface area contributed by atoms with E-state index in [1.807, 2.05) is 18.2 Å². The Balaban J connectivity index is 2.21. The van der Waals surface area contributed by atoms with Crippen LogP contribution in [-0.2, 0) is 16.4 Å². The van der Waals surface area contributed by atoms with Crippen LogP contribution in [-0.4, -0.2) is 14.7 Å². The van der Waals surface area contributed by atoms with Gasteiger partial charge in [-0.15, -0.1) is 0 Å². The first kappa shape index (κ1) is 16.8. The Morgan fingerprint density at radius 2 is 1.81 bits per heavy atom. The second-order valence-corrected chi connectivity index (χ2v) is 8.65. The van der Waals surface area contributed by atoms with Crippen LogP contribution in [0.15, 0.2) is 50.2 Å². The van der Waals surface area contributed by atoms with Gasteiger partial charge < -0.3 is 5.32 Å². The SMILES string of the molecule is CS(=O)(=O)c1ccc(Cl)c(NCc2ccc(Br)c(Br)c2)c1. The molecule has 2 rings (SSSR count). The summed E-state index contributed by atoms with van der Waals surface area (Å²) in [7, 11) is -3.25. The van der Waals surface area contributed by atoms with Crippen LogP contribution in [0.1, 0.15) is 5.56 Å². The van der Waals surface area contributed by atoms with E-state index in [9.17, 15) is 8.42 Å². The monoisotopic (exact) mass is 451 g/mol. The Morgan fingerprint density at radius 1 is 1.10 bits per heavy atom. The quantitative estimate of drug-likeness (QED) is 0.718. The van der Waals surface area contributed by atoms with Gasteiger partial charge in [-0.05, 0) is 67.8 Å². The van der Waals surface area contributed by atoms with Crippen molar-refractivity contribution < 1.29 is 8.42 Å². The fraction of sp³-hybridized carbons (Fsp3) is 0.143. The zero-order valence-electron chi connectivity index (χ0n) is 11.0. The molecular formula is C14H12Br2ClNO2S. The average molecular weight is 454 g/mol. The van der Waals surface area contributed by atoms with E-state index in [2.05, 4.69) is 37.2 Å². The van der Waals surface area contributed by atoms with Gasteiger partial charge in [0.25, 0.3) is 0 Å². The van der Waals surface area contributed by atoms with Crippen LogP contribution in [0.3, 0.4) is 0 Å². The van der Waals surface area contributed by atoms with Gasteiger partial charge in [0, 0.05) is 21.7 Å². The van der Waals surface area contributed by atoms with Crippen molar-refractivity contribution in [2.45, 2.75) is 11.4 Å². The Hall–Kier alpha value is -0.560. The predicted molar refractivity (Wildman–Crippen MR) is 93.7 cm³/mol. The first-order chi connectivity index (χ1) is 9.77. The van der Waals surface area contributed by atoms with Gasteiger partial charge in [0.1, 0.15) is 0 Å². The molecule has 3 nitrogen and oxygen atoms in total. The summed E-state index contributed by atoms with van der Waals surface area (Å²) in [4.78, 5) is 0.242. The molecule has 0 fully saturated rings. The van der Waals surface area contributed by atoms with Gasteiger partial charge in [-0.1, -0.05) is 17.7 Å². The number of hydrogen-bond donors (Lipinski definition) is 1. The second kappa shape index (κ2) is 6.69. The highest BCUT2D eigenvalue weighted by atomic mass is 79.9. The van der Waals surface area contributed by atoms with Crippen molar-refractivity contribution >= 4 is 59.0 Å². The van der Waals surface area contributed by atoms with Crippen molar-refractivity contribution in [1.29, 1.82) is 0 Å². The van der Waals surface area contributed by atoms with Gasteiger partial charge in [0.2, 0.25) is 0 Å². The summed E-state index contributed by atoms with van der Waals surface area (Å²) in [6, 6.07) is 10.5. The number of sulfone groups is 1. The maximum Gasteiger partial charge on any atom is 0.175 e. The third-order valence-corrected chi connectivity index (χ3v) is 6.15. The molecule has 0 bridgehead atoms. The Kier molecular flexibility index (Phi) is 5.35. The Bertz CT molecular complexity index is 779. The van der Waals surface area contributed by atoms with Crippen LogP contribution in [0.4, 0.5) is 5.69 Å². The molecule has 0 unspecified atom stereocenters. The highest BCUT2D eigenvalue weighted by molar-refractivity contribution is 9.13. The van der Waals surface area contributed by atoms with Gasteiger partial charge in [0.05, 0.1) is 15.6 Å². The van der Waals surface area contributed by atoms with Crippen LogP contribution >= 0.6 is 43.5 Å². The fourth-order valence-electron chi connectivity index (χ4n) is 1.72. The molecule has 0 amide bonds. The molecule has 0 spiro atoms. The zero-order valence-corrected chi connectivity index (χ0v) is 15.8. The van der Waals surface area contributed by atoms with Gasteiger partial charge in [0.15, 0.2) is 9.84 Å². The van der Waals surface area contributed by atoms with Gasteiger partial charge >= 0.3 is 0 Å². The third-order valence-electron chi connectivity index (χ3n) is 2.83. The van der Waals surface area contributed by atoms with Crippen LogP contribution in [0.25, 0.3) is 0 Å². The summed E-state index contributed by atoms with van der Waals surface area (Å²) in [5.41, 5.74) is 1.64. The molecule has 0 aliphatic rings. The maximum absolute atomic E-state index is 11.6. The van der Waals surface area contributed by atoms with E-state index in [-0.39, 0.29) is 4.90 Å². The van der Waals surface area contributed by atoms with Crippen molar-refractivity contribution in [2.24, 2.45) is 0 Å². The standard InChI is InChI=1S/C14H12Br2ClNO2S/c1-21(19,20)10-3-5-13(17)14(7-10)18-8-9-2-4-11(15)12(16)6-9/h2-7,18H,8H2,1H3. The van der Waals surface area contributed by atoms with E-state index < -0.39 is 9.84 Å². The van der Waals surface area contributed by atoms with Crippen molar-refractivity contribution in [1.82, 2.24) is 0 Å². The van der Waals surface area contributed by atoms with E-state index in [0.29, 0.717) is 17.3 Å². The molecule has 0 radical (unpaired) electrons. The molecule has 0 atom stereocenters. The summed E-state index contributed by atoms with van der Waals surface area (Å²) in [6.45, 7) is 0.540. The van der Waals surface area contributed by atoms with Crippen LogP contribution in [0.5, 0.6) is 0 Å². The number of benzene rings is 2. The smallest absolute Gasteiger partial charge is 0.175 e. The molecule has 2 aromatic rings. The summed E-state index contributed by atoms with van der Waals surface area (Å²) in [5, 5.41) is 3.64. The highest BCUT2D eigenvalue weighted by Gasteiger charge is 2.10. The molecule has 112 valence electrons. The molecule has 0 aromatic heterocycles. The molecule has 1 N–H and O–H groups in total. The normalized spacial score (nSPS) is 11.4. The van der Waals surface area contributed by atoms with E-state index >= 15 is 0 Å². The second-order valence-electron chi connectivity index (χ2n) is 4.52. The van der Waals surface area contributed by atoms with E-state index in [4.69, 9.17) is 11.6 Å². The molecular weight excluding hydrogens is 441 g/mol. The van der Waals surface area contributed by atoms with Crippen LogP contribution in [0.2, 0.25) is 5.02 Å². The minimum atomic E-state index is -3.25. The Labute approximate surface area is 145 Å². The summed E-state index contributed by atoms with van der Waals surface area (Å²) >= 11 is 13.0. The molecule has 0 aliphatic heterocycles. The number of rotatable bonds is 4. The lowest BCUT2D eigenvalue weighted by molar-refractivity contribution is 0.602. The molecule has 0 saturated heterocycles. The van der Waals surface area contributed by atoms with Gasteiger partial charge in [-0.2, -0.15) is 0 Å². The predicted octanol–water partition coefficient (Wildman–Crippen LogP) is 4.88. The van der Waals surface area contributed by atoms with Crippen LogP contribution in [0, 0.1) is 0 Å². The lowest BCUT2D eigenvalue weighted by Crippen LogP contribution is -2.03. The lowest BCUT2D eigenvalue weighted by Gasteiger charge is -2.10. The molecule has 0 aliphatic carbocycles.